The van der Waals surface area contributed by atoms with Crippen molar-refractivity contribution in [1.82, 2.24) is 4.90 Å². The van der Waals surface area contributed by atoms with Crippen LogP contribution in [-0.4, -0.2) is 51.0 Å². The van der Waals surface area contributed by atoms with Crippen molar-refractivity contribution >= 4 is 12.1 Å². The highest BCUT2D eigenvalue weighted by molar-refractivity contribution is 5.82. The van der Waals surface area contributed by atoms with Crippen molar-refractivity contribution in [2.75, 3.05) is 0 Å². The lowest BCUT2D eigenvalue weighted by Crippen LogP contribution is -2.53. The smallest absolute Gasteiger partial charge is 0.411 e. The van der Waals surface area contributed by atoms with Crippen molar-refractivity contribution < 1.29 is 24.5 Å². The number of hydrogen-bond acceptors (Lipinski definition) is 4. The first-order chi connectivity index (χ1) is 8.20. The van der Waals surface area contributed by atoms with Crippen molar-refractivity contribution in [3.05, 3.63) is 0 Å². The van der Waals surface area contributed by atoms with E-state index in [9.17, 15) is 19.8 Å². The van der Waals surface area contributed by atoms with Gasteiger partial charge in [-0.2, -0.15) is 0 Å². The van der Waals surface area contributed by atoms with Gasteiger partial charge in [0.1, 0.15) is 11.6 Å². The molecule has 4 atom stereocenters. The molecule has 0 unspecified atom stereocenters. The molecule has 2 N–H and O–H groups in total. The van der Waals surface area contributed by atoms with Gasteiger partial charge in [-0.05, 0) is 33.6 Å². The molecule has 6 nitrogen and oxygen atoms in total. The summed E-state index contributed by atoms with van der Waals surface area (Å²) in [6, 6.07) is -1.19. The number of fused-ring (bicyclic) bond motifs is 2. The van der Waals surface area contributed by atoms with Gasteiger partial charge in [0, 0.05) is 12.0 Å². The van der Waals surface area contributed by atoms with Crippen LogP contribution >= 0.6 is 0 Å². The van der Waals surface area contributed by atoms with Gasteiger partial charge in [0.15, 0.2) is 0 Å². The summed E-state index contributed by atoms with van der Waals surface area (Å²) >= 11 is 0. The molecule has 2 bridgehead atoms. The van der Waals surface area contributed by atoms with E-state index in [1.165, 1.54) is 4.90 Å². The van der Waals surface area contributed by atoms with Gasteiger partial charge < -0.3 is 14.9 Å². The number of carboxylic acids is 1. The minimum atomic E-state index is -1.08. The number of carbonyl (C=O) groups is 2. The summed E-state index contributed by atoms with van der Waals surface area (Å²) in [6.45, 7) is 5.22. The molecule has 1 aliphatic carbocycles. The Labute approximate surface area is 106 Å². The first kappa shape index (κ1) is 13.1. The van der Waals surface area contributed by atoms with E-state index < -0.39 is 29.8 Å². The summed E-state index contributed by atoms with van der Waals surface area (Å²) in [5.74, 6) is -1.45. The molecule has 0 radical (unpaired) electrons. The maximum Gasteiger partial charge on any atom is 0.411 e. The van der Waals surface area contributed by atoms with Crippen molar-refractivity contribution in [1.29, 1.82) is 0 Å². The second-order valence-electron chi connectivity index (χ2n) is 6.03. The molecule has 2 aliphatic rings. The van der Waals surface area contributed by atoms with Gasteiger partial charge in [0.05, 0.1) is 6.10 Å². The van der Waals surface area contributed by atoms with Gasteiger partial charge in [-0.25, -0.2) is 9.59 Å². The fourth-order valence-electron chi connectivity index (χ4n) is 2.90. The third-order valence-corrected chi connectivity index (χ3v) is 3.51. The molecule has 18 heavy (non-hydrogen) atoms. The molecule has 0 aromatic carbocycles. The van der Waals surface area contributed by atoms with Crippen molar-refractivity contribution in [3.8, 4) is 0 Å². The predicted molar refractivity (Wildman–Crippen MR) is 62.0 cm³/mol. The second kappa shape index (κ2) is 4.12. The van der Waals surface area contributed by atoms with E-state index in [0.29, 0.717) is 12.8 Å². The van der Waals surface area contributed by atoms with Crippen LogP contribution in [0.2, 0.25) is 0 Å². The maximum absolute atomic E-state index is 12.0. The number of aliphatic hydroxyl groups is 1. The number of ether oxygens (including phenoxy) is 1. The van der Waals surface area contributed by atoms with E-state index in [1.807, 2.05) is 0 Å². The number of carbonyl (C=O) groups excluding carboxylic acids is 1. The zero-order valence-electron chi connectivity index (χ0n) is 10.8. The van der Waals surface area contributed by atoms with Crippen LogP contribution in [0.25, 0.3) is 0 Å². The van der Waals surface area contributed by atoms with Crippen molar-refractivity contribution in [2.45, 2.75) is 57.4 Å². The Balaban J connectivity index is 2.17. The van der Waals surface area contributed by atoms with Gasteiger partial charge in [0.25, 0.3) is 0 Å². The number of amides is 1. The third-order valence-electron chi connectivity index (χ3n) is 3.51. The van der Waals surface area contributed by atoms with Gasteiger partial charge in [-0.3, -0.25) is 4.90 Å². The average molecular weight is 257 g/mol. The zero-order chi connectivity index (χ0) is 13.7. The Hall–Kier alpha value is -1.30. The van der Waals surface area contributed by atoms with Crippen LogP contribution in [0.3, 0.4) is 0 Å². The highest BCUT2D eigenvalue weighted by Crippen LogP contribution is 2.43. The molecule has 0 aromatic heterocycles. The number of rotatable bonds is 1. The summed E-state index contributed by atoms with van der Waals surface area (Å²) in [4.78, 5) is 24.6. The average Bonchev–Trinajstić information content (AvgIpc) is 2.69. The third kappa shape index (κ3) is 2.16. The molecular weight excluding hydrogens is 238 g/mol. The van der Waals surface area contributed by atoms with Crippen LogP contribution in [0.15, 0.2) is 0 Å². The van der Waals surface area contributed by atoms with E-state index in [0.717, 1.165) is 0 Å². The minimum Gasteiger partial charge on any atom is -0.480 e. The molecular formula is C12H19NO5. The van der Waals surface area contributed by atoms with E-state index in [4.69, 9.17) is 4.74 Å². The second-order valence-corrected chi connectivity index (χ2v) is 6.03. The van der Waals surface area contributed by atoms with Gasteiger partial charge in [-0.15, -0.1) is 0 Å². The maximum atomic E-state index is 12.0. The summed E-state index contributed by atoms with van der Waals surface area (Å²) in [5, 5.41) is 18.9. The quantitative estimate of drug-likeness (QED) is 0.726. The van der Waals surface area contributed by atoms with Gasteiger partial charge >= 0.3 is 12.1 Å². The van der Waals surface area contributed by atoms with Crippen molar-refractivity contribution in [3.63, 3.8) is 0 Å². The van der Waals surface area contributed by atoms with Gasteiger partial charge in [0.2, 0.25) is 0 Å². The lowest BCUT2D eigenvalue weighted by Gasteiger charge is -2.35. The number of piperidine rings is 1. The number of aliphatic carboxylic acids is 1. The first-order valence-electron chi connectivity index (χ1n) is 6.13. The molecule has 1 heterocycles. The van der Waals surface area contributed by atoms with Crippen LogP contribution in [0.5, 0.6) is 0 Å². The fraction of sp³-hybridized carbons (Fsp3) is 0.833. The SMILES string of the molecule is CC(C)(C)OC(=O)N1[C@H]2C[C@H]([C@H]1C(=O)O)[C@@H](O)C2. The highest BCUT2D eigenvalue weighted by Gasteiger charge is 2.56. The van der Waals surface area contributed by atoms with E-state index in [-0.39, 0.29) is 12.0 Å². The van der Waals surface area contributed by atoms with Crippen LogP contribution < -0.4 is 0 Å². The molecule has 0 spiro atoms. The van der Waals surface area contributed by atoms with Crippen LogP contribution in [0.1, 0.15) is 33.6 Å². The summed E-state index contributed by atoms with van der Waals surface area (Å²) < 4.78 is 5.23. The molecule has 2 rings (SSSR count). The normalized spacial score (nSPS) is 34.8. The van der Waals surface area contributed by atoms with E-state index >= 15 is 0 Å². The highest BCUT2D eigenvalue weighted by atomic mass is 16.6. The summed E-state index contributed by atoms with van der Waals surface area (Å²) in [5.41, 5.74) is -0.652. The van der Waals surface area contributed by atoms with Crippen LogP contribution in [0, 0.1) is 5.92 Å². The summed E-state index contributed by atoms with van der Waals surface area (Å²) in [7, 11) is 0. The Bertz CT molecular complexity index is 375. The number of likely N-dealkylation sites (tertiary alicyclic amines) is 1. The molecule has 1 saturated carbocycles. The molecule has 2 fully saturated rings. The molecule has 6 heteroatoms. The Morgan fingerprint density at radius 1 is 1.28 bits per heavy atom. The Kier molecular flexibility index (Phi) is 3.01. The molecule has 0 aromatic rings. The number of carboxylic acid groups (broad SMARTS) is 1. The lowest BCUT2D eigenvalue weighted by atomic mass is 9.96. The lowest BCUT2D eigenvalue weighted by molar-refractivity contribution is -0.147. The summed E-state index contributed by atoms with van der Waals surface area (Å²) in [6.07, 6.45) is -0.255. The molecule has 102 valence electrons. The largest absolute Gasteiger partial charge is 0.480 e. The zero-order valence-corrected chi connectivity index (χ0v) is 10.8. The predicted octanol–water partition coefficient (Wildman–Crippen LogP) is 0.830. The van der Waals surface area contributed by atoms with E-state index in [1.54, 1.807) is 20.8 Å². The molecule has 1 amide bonds. The van der Waals surface area contributed by atoms with Gasteiger partial charge in [-0.1, -0.05) is 0 Å². The van der Waals surface area contributed by atoms with E-state index in [2.05, 4.69) is 0 Å². The van der Waals surface area contributed by atoms with Crippen LogP contribution in [0.4, 0.5) is 4.79 Å². The minimum absolute atomic E-state index is 0.221. The standard InChI is InChI=1S/C12H19NO5/c1-12(2,3)18-11(17)13-6-4-7(8(14)5-6)9(13)10(15)16/h6-9,14H,4-5H2,1-3H3,(H,15,16)/t6-,7-,8-,9-/m0/s1. The fourth-order valence-corrected chi connectivity index (χ4v) is 2.90. The molecule has 1 saturated heterocycles. The Morgan fingerprint density at radius 2 is 1.89 bits per heavy atom. The Morgan fingerprint density at radius 3 is 2.39 bits per heavy atom. The number of hydrogen-bond donors (Lipinski definition) is 2. The number of nitrogens with zero attached hydrogens (tertiary/aromatic N) is 1. The van der Waals surface area contributed by atoms with Crippen molar-refractivity contribution in [2.24, 2.45) is 5.92 Å². The monoisotopic (exact) mass is 257 g/mol. The molecule has 1 aliphatic heterocycles. The number of aliphatic hydroxyl groups excluding tert-OH is 1. The first-order valence-corrected chi connectivity index (χ1v) is 6.13. The van der Waals surface area contributed by atoms with Crippen LogP contribution in [-0.2, 0) is 9.53 Å². The topological polar surface area (TPSA) is 87.1 Å².